The monoisotopic (exact) mass is 289 g/mol. The SMILES string of the molecule is CN1CCC(C(=O)NC(CO)[C@@H]2CCCC(Cl)C2)N1. The Morgan fingerprint density at radius 2 is 2.32 bits per heavy atom. The molecule has 0 aromatic heterocycles. The Morgan fingerprint density at radius 3 is 2.89 bits per heavy atom. The molecule has 1 aliphatic heterocycles. The van der Waals surface area contributed by atoms with E-state index in [1.165, 1.54) is 0 Å². The summed E-state index contributed by atoms with van der Waals surface area (Å²) in [6.07, 6.45) is 4.84. The van der Waals surface area contributed by atoms with Crippen LogP contribution in [0.1, 0.15) is 32.1 Å². The van der Waals surface area contributed by atoms with Gasteiger partial charge in [-0.25, -0.2) is 10.4 Å². The molecule has 4 atom stereocenters. The summed E-state index contributed by atoms with van der Waals surface area (Å²) in [5, 5.41) is 14.6. The molecule has 6 heteroatoms. The molecule has 2 fully saturated rings. The molecule has 1 saturated carbocycles. The molecule has 110 valence electrons. The molecule has 1 saturated heterocycles. The van der Waals surface area contributed by atoms with Gasteiger partial charge in [0.25, 0.3) is 0 Å². The predicted molar refractivity (Wildman–Crippen MR) is 74.8 cm³/mol. The molecule has 0 aromatic rings. The second-order valence-corrected chi connectivity index (χ2v) is 6.33. The van der Waals surface area contributed by atoms with Crippen LogP contribution in [0.15, 0.2) is 0 Å². The fourth-order valence-corrected chi connectivity index (χ4v) is 3.42. The van der Waals surface area contributed by atoms with Crippen molar-refractivity contribution in [1.29, 1.82) is 0 Å². The van der Waals surface area contributed by atoms with Gasteiger partial charge < -0.3 is 10.4 Å². The zero-order valence-electron chi connectivity index (χ0n) is 11.4. The number of nitrogens with zero attached hydrogens (tertiary/aromatic N) is 1. The summed E-state index contributed by atoms with van der Waals surface area (Å²) in [5.74, 6) is 0.282. The van der Waals surface area contributed by atoms with E-state index in [2.05, 4.69) is 10.7 Å². The van der Waals surface area contributed by atoms with Crippen molar-refractivity contribution in [3.63, 3.8) is 0 Å². The minimum atomic E-state index is -0.172. The molecule has 0 aromatic carbocycles. The highest BCUT2D eigenvalue weighted by molar-refractivity contribution is 6.20. The average molecular weight is 290 g/mol. The Labute approximate surface area is 119 Å². The number of hydrazine groups is 1. The second-order valence-electron chi connectivity index (χ2n) is 5.71. The Kier molecular flexibility index (Phi) is 5.45. The van der Waals surface area contributed by atoms with E-state index in [0.29, 0.717) is 5.92 Å². The van der Waals surface area contributed by atoms with Crippen molar-refractivity contribution >= 4 is 17.5 Å². The van der Waals surface area contributed by atoms with E-state index in [0.717, 1.165) is 38.6 Å². The molecule has 0 radical (unpaired) electrons. The topological polar surface area (TPSA) is 64.6 Å². The van der Waals surface area contributed by atoms with Crippen molar-refractivity contribution in [2.24, 2.45) is 5.92 Å². The number of rotatable bonds is 4. The third kappa shape index (κ3) is 4.05. The van der Waals surface area contributed by atoms with E-state index in [9.17, 15) is 9.90 Å². The first-order chi connectivity index (χ1) is 9.10. The summed E-state index contributed by atoms with van der Waals surface area (Å²) in [6.45, 7) is 0.859. The standard InChI is InChI=1S/C13H24ClN3O2/c1-17-6-5-11(16-17)13(19)15-12(8-18)9-3-2-4-10(14)7-9/h9-12,16,18H,2-8H2,1H3,(H,15,19)/t9-,10?,11?,12?/m1/s1. The number of alkyl halides is 1. The van der Waals surface area contributed by atoms with Gasteiger partial charge in [0.05, 0.1) is 12.6 Å². The van der Waals surface area contributed by atoms with Gasteiger partial charge in [-0.1, -0.05) is 6.42 Å². The van der Waals surface area contributed by atoms with E-state index >= 15 is 0 Å². The number of aliphatic hydroxyl groups is 1. The normalized spacial score (nSPS) is 34.2. The van der Waals surface area contributed by atoms with Crippen LogP contribution in [0.5, 0.6) is 0 Å². The number of amides is 1. The lowest BCUT2D eigenvalue weighted by Gasteiger charge is -2.32. The van der Waals surface area contributed by atoms with Crippen molar-refractivity contribution in [2.75, 3.05) is 20.2 Å². The number of halogens is 1. The molecule has 1 amide bonds. The second kappa shape index (κ2) is 6.88. The number of hydrogen-bond donors (Lipinski definition) is 3. The quantitative estimate of drug-likeness (QED) is 0.659. The van der Waals surface area contributed by atoms with E-state index < -0.39 is 0 Å². The highest BCUT2D eigenvalue weighted by Crippen LogP contribution is 2.30. The van der Waals surface area contributed by atoms with Gasteiger partial charge in [-0.15, -0.1) is 11.6 Å². The van der Waals surface area contributed by atoms with Gasteiger partial charge in [0, 0.05) is 19.0 Å². The summed E-state index contributed by atoms with van der Waals surface area (Å²) in [7, 11) is 1.93. The van der Waals surface area contributed by atoms with Crippen LogP contribution in [-0.2, 0) is 4.79 Å². The van der Waals surface area contributed by atoms with E-state index in [1.54, 1.807) is 0 Å². The lowest BCUT2D eigenvalue weighted by molar-refractivity contribution is -0.124. The Bertz CT molecular complexity index is 316. The van der Waals surface area contributed by atoms with Crippen LogP contribution >= 0.6 is 11.6 Å². The molecule has 5 nitrogen and oxygen atoms in total. The van der Waals surface area contributed by atoms with Crippen molar-refractivity contribution in [3.8, 4) is 0 Å². The summed E-state index contributed by atoms with van der Waals surface area (Å²) >= 11 is 6.18. The fourth-order valence-electron chi connectivity index (χ4n) is 3.03. The summed E-state index contributed by atoms with van der Waals surface area (Å²) in [6, 6.07) is -0.337. The molecule has 0 spiro atoms. The number of hydrogen-bond acceptors (Lipinski definition) is 4. The maximum Gasteiger partial charge on any atom is 0.238 e. The first kappa shape index (κ1) is 15.0. The van der Waals surface area contributed by atoms with Gasteiger partial charge in [0.1, 0.15) is 6.04 Å². The molecular formula is C13H24ClN3O2. The predicted octanol–water partition coefficient (Wildman–Crippen LogP) is 0.470. The fraction of sp³-hybridized carbons (Fsp3) is 0.923. The van der Waals surface area contributed by atoms with E-state index in [-0.39, 0.29) is 30.0 Å². The van der Waals surface area contributed by atoms with Crippen LogP contribution in [-0.4, -0.2) is 53.7 Å². The highest BCUT2D eigenvalue weighted by atomic mass is 35.5. The summed E-state index contributed by atoms with van der Waals surface area (Å²) in [4.78, 5) is 12.1. The van der Waals surface area contributed by atoms with Crippen molar-refractivity contribution in [1.82, 2.24) is 15.8 Å². The molecule has 2 rings (SSSR count). The highest BCUT2D eigenvalue weighted by Gasteiger charge is 2.31. The zero-order valence-corrected chi connectivity index (χ0v) is 12.2. The van der Waals surface area contributed by atoms with Gasteiger partial charge in [0.15, 0.2) is 0 Å². The molecule has 3 N–H and O–H groups in total. The molecule has 19 heavy (non-hydrogen) atoms. The van der Waals surface area contributed by atoms with Gasteiger partial charge in [-0.2, -0.15) is 0 Å². The molecule has 0 bridgehead atoms. The molecule has 1 heterocycles. The number of carbonyl (C=O) groups is 1. The van der Waals surface area contributed by atoms with Crippen LogP contribution in [0, 0.1) is 5.92 Å². The zero-order chi connectivity index (χ0) is 13.8. The van der Waals surface area contributed by atoms with E-state index in [1.807, 2.05) is 12.1 Å². The maximum atomic E-state index is 12.1. The minimum absolute atomic E-state index is 0.0113. The van der Waals surface area contributed by atoms with Crippen LogP contribution in [0.2, 0.25) is 0 Å². The lowest BCUT2D eigenvalue weighted by atomic mass is 9.83. The first-order valence-corrected chi connectivity index (χ1v) is 7.56. The van der Waals surface area contributed by atoms with Crippen LogP contribution in [0.25, 0.3) is 0 Å². The van der Waals surface area contributed by atoms with Crippen LogP contribution in [0.3, 0.4) is 0 Å². The average Bonchev–Trinajstić information content (AvgIpc) is 2.82. The van der Waals surface area contributed by atoms with Gasteiger partial charge in [-0.3, -0.25) is 4.79 Å². The van der Waals surface area contributed by atoms with Gasteiger partial charge in [-0.05, 0) is 31.6 Å². The van der Waals surface area contributed by atoms with Gasteiger partial charge in [0.2, 0.25) is 5.91 Å². The van der Waals surface area contributed by atoms with Crippen molar-refractivity contribution < 1.29 is 9.90 Å². The Balaban J connectivity index is 1.86. The van der Waals surface area contributed by atoms with Gasteiger partial charge >= 0.3 is 0 Å². The Hall–Kier alpha value is -0.360. The van der Waals surface area contributed by atoms with E-state index in [4.69, 9.17) is 11.6 Å². The molecular weight excluding hydrogens is 266 g/mol. The summed E-state index contributed by atoms with van der Waals surface area (Å²) < 4.78 is 0. The van der Waals surface area contributed by atoms with Crippen molar-refractivity contribution in [3.05, 3.63) is 0 Å². The summed E-state index contributed by atoms with van der Waals surface area (Å²) in [5.41, 5.74) is 3.11. The van der Waals surface area contributed by atoms with Crippen LogP contribution < -0.4 is 10.7 Å². The molecule has 3 unspecified atom stereocenters. The third-order valence-electron chi connectivity index (χ3n) is 4.19. The van der Waals surface area contributed by atoms with Crippen molar-refractivity contribution in [2.45, 2.75) is 49.6 Å². The lowest BCUT2D eigenvalue weighted by Crippen LogP contribution is -2.51. The molecule has 1 aliphatic carbocycles. The van der Waals surface area contributed by atoms with Crippen LogP contribution in [0.4, 0.5) is 0 Å². The first-order valence-electron chi connectivity index (χ1n) is 7.12. The smallest absolute Gasteiger partial charge is 0.238 e. The molecule has 2 aliphatic rings. The number of nitrogens with one attached hydrogen (secondary N) is 2. The number of aliphatic hydroxyl groups excluding tert-OH is 1. The number of carbonyl (C=O) groups excluding carboxylic acids is 1. The Morgan fingerprint density at radius 1 is 1.53 bits per heavy atom. The largest absolute Gasteiger partial charge is 0.394 e. The third-order valence-corrected chi connectivity index (χ3v) is 4.59. The maximum absolute atomic E-state index is 12.1. The minimum Gasteiger partial charge on any atom is -0.394 e.